The smallest absolute Gasteiger partial charge is 0.234 e. The molecule has 3 aromatic rings. The molecule has 0 fully saturated rings. The molecule has 0 radical (unpaired) electrons. The van der Waals surface area contributed by atoms with Gasteiger partial charge in [-0.25, -0.2) is 0 Å². The summed E-state index contributed by atoms with van der Waals surface area (Å²) in [5.41, 5.74) is 4.00. The van der Waals surface area contributed by atoms with Gasteiger partial charge in [-0.3, -0.25) is 4.79 Å². The van der Waals surface area contributed by atoms with Crippen LogP contribution in [0.4, 0.5) is 5.69 Å². The Balaban J connectivity index is 1.74. The fourth-order valence-electron chi connectivity index (χ4n) is 3.21. The normalized spacial score (nSPS) is 11.0. The molecule has 0 aliphatic rings. The van der Waals surface area contributed by atoms with Gasteiger partial charge in [0.2, 0.25) is 5.91 Å². The zero-order valence-corrected chi connectivity index (χ0v) is 20.4. The van der Waals surface area contributed by atoms with Gasteiger partial charge in [0.1, 0.15) is 0 Å². The highest BCUT2D eigenvalue weighted by atomic mass is 79.9. The first-order valence-corrected chi connectivity index (χ1v) is 12.0. The fourth-order valence-corrected chi connectivity index (χ4v) is 4.72. The number of thioether (sulfide) groups is 1. The molecule has 0 aliphatic carbocycles. The van der Waals surface area contributed by atoms with Gasteiger partial charge in [0.05, 0.1) is 5.75 Å². The number of hydrogen-bond donors (Lipinski definition) is 1. The van der Waals surface area contributed by atoms with Crippen LogP contribution in [-0.2, 0) is 17.8 Å². The lowest BCUT2D eigenvalue weighted by atomic mass is 10.1. The quantitative estimate of drug-likeness (QED) is 0.360. The Morgan fingerprint density at radius 1 is 1.20 bits per heavy atom. The van der Waals surface area contributed by atoms with Crippen LogP contribution in [0.5, 0.6) is 0 Å². The van der Waals surface area contributed by atoms with Crippen LogP contribution >= 0.6 is 39.3 Å². The van der Waals surface area contributed by atoms with Crippen LogP contribution in [0, 0.1) is 6.92 Å². The maximum absolute atomic E-state index is 12.7. The molecular formula is C22H24BrClN4OS. The fraction of sp³-hybridized carbons (Fsp3) is 0.318. The van der Waals surface area contributed by atoms with Crippen molar-refractivity contribution in [2.45, 2.75) is 45.3 Å². The lowest BCUT2D eigenvalue weighted by Gasteiger charge is -2.14. The largest absolute Gasteiger partial charge is 0.325 e. The standard InChI is InChI=1S/C22H24BrClN4OS/c1-4-10-28-21(16-6-8-18(24)9-7-16)26-27-22(28)30-13-19(29)25-20-14(3)11-17(23)12-15(20)5-2/h6-9,11-12H,4-5,10,13H2,1-3H3,(H,25,29). The van der Waals surface area contributed by atoms with Crippen molar-refractivity contribution in [2.24, 2.45) is 0 Å². The number of carbonyl (C=O) groups is 1. The number of anilines is 1. The predicted octanol–water partition coefficient (Wildman–Crippen LogP) is 6.37. The molecule has 1 amide bonds. The van der Waals surface area contributed by atoms with E-state index in [9.17, 15) is 4.79 Å². The molecule has 30 heavy (non-hydrogen) atoms. The molecule has 3 rings (SSSR count). The van der Waals surface area contributed by atoms with Gasteiger partial charge < -0.3 is 9.88 Å². The third kappa shape index (κ3) is 5.45. The van der Waals surface area contributed by atoms with E-state index in [1.54, 1.807) is 0 Å². The lowest BCUT2D eigenvalue weighted by Crippen LogP contribution is -2.17. The van der Waals surface area contributed by atoms with Crippen molar-refractivity contribution < 1.29 is 4.79 Å². The van der Waals surface area contributed by atoms with E-state index in [4.69, 9.17) is 11.6 Å². The zero-order chi connectivity index (χ0) is 21.7. The molecule has 2 aromatic carbocycles. The molecule has 0 bridgehead atoms. The summed E-state index contributed by atoms with van der Waals surface area (Å²) in [6.45, 7) is 6.97. The predicted molar refractivity (Wildman–Crippen MR) is 128 cm³/mol. The molecule has 1 heterocycles. The number of benzene rings is 2. The zero-order valence-electron chi connectivity index (χ0n) is 17.2. The Labute approximate surface area is 194 Å². The molecule has 8 heteroatoms. The summed E-state index contributed by atoms with van der Waals surface area (Å²) in [6.07, 6.45) is 1.79. The van der Waals surface area contributed by atoms with Crippen LogP contribution in [0.1, 0.15) is 31.4 Å². The molecule has 158 valence electrons. The van der Waals surface area contributed by atoms with E-state index in [2.05, 4.69) is 49.9 Å². The van der Waals surface area contributed by atoms with E-state index in [1.165, 1.54) is 11.8 Å². The molecule has 0 unspecified atom stereocenters. The molecule has 0 aliphatic heterocycles. The van der Waals surface area contributed by atoms with Crippen molar-refractivity contribution in [3.05, 3.63) is 57.0 Å². The maximum atomic E-state index is 12.7. The van der Waals surface area contributed by atoms with Crippen LogP contribution in [0.2, 0.25) is 5.02 Å². The summed E-state index contributed by atoms with van der Waals surface area (Å²) < 4.78 is 3.08. The number of nitrogens with one attached hydrogen (secondary N) is 1. The Kier molecular flexibility index (Phi) is 7.97. The lowest BCUT2D eigenvalue weighted by molar-refractivity contribution is -0.113. The molecule has 5 nitrogen and oxygen atoms in total. The van der Waals surface area contributed by atoms with Crippen LogP contribution in [0.3, 0.4) is 0 Å². The summed E-state index contributed by atoms with van der Waals surface area (Å²) in [4.78, 5) is 12.7. The van der Waals surface area contributed by atoms with E-state index in [1.807, 2.05) is 43.3 Å². The van der Waals surface area contributed by atoms with E-state index >= 15 is 0 Å². The van der Waals surface area contributed by atoms with Crippen molar-refractivity contribution in [3.8, 4) is 11.4 Å². The summed E-state index contributed by atoms with van der Waals surface area (Å²) in [5, 5.41) is 13.2. The Bertz CT molecular complexity index is 1040. The first kappa shape index (κ1) is 22.8. The van der Waals surface area contributed by atoms with Gasteiger partial charge in [0.25, 0.3) is 0 Å². The van der Waals surface area contributed by atoms with Crippen LogP contribution in [0.25, 0.3) is 11.4 Å². The van der Waals surface area contributed by atoms with Gasteiger partial charge in [0.15, 0.2) is 11.0 Å². The number of hydrogen-bond acceptors (Lipinski definition) is 4. The minimum absolute atomic E-state index is 0.0563. The maximum Gasteiger partial charge on any atom is 0.234 e. The van der Waals surface area contributed by atoms with Crippen LogP contribution < -0.4 is 5.32 Å². The summed E-state index contributed by atoms with van der Waals surface area (Å²) in [7, 11) is 0. The van der Waals surface area contributed by atoms with Crippen molar-refractivity contribution in [1.82, 2.24) is 14.8 Å². The molecule has 1 N–H and O–H groups in total. The van der Waals surface area contributed by atoms with Crippen LogP contribution in [-0.4, -0.2) is 26.4 Å². The number of rotatable bonds is 8. The first-order valence-electron chi connectivity index (χ1n) is 9.83. The number of aryl methyl sites for hydroxylation is 2. The molecule has 0 atom stereocenters. The van der Waals surface area contributed by atoms with Crippen molar-refractivity contribution >= 4 is 50.9 Å². The number of amides is 1. The molecule has 0 saturated heterocycles. The average molecular weight is 508 g/mol. The minimum Gasteiger partial charge on any atom is -0.325 e. The second-order valence-electron chi connectivity index (χ2n) is 6.91. The Hall–Kier alpha value is -1.83. The summed E-state index contributed by atoms with van der Waals surface area (Å²) in [5.74, 6) is 0.994. The van der Waals surface area contributed by atoms with Crippen molar-refractivity contribution in [1.29, 1.82) is 0 Å². The number of carbonyl (C=O) groups excluding carboxylic acids is 1. The van der Waals surface area contributed by atoms with E-state index in [0.29, 0.717) is 5.02 Å². The number of aromatic nitrogens is 3. The molecule has 0 saturated carbocycles. The molecular weight excluding hydrogens is 484 g/mol. The minimum atomic E-state index is -0.0563. The second kappa shape index (κ2) is 10.5. The summed E-state index contributed by atoms with van der Waals surface area (Å²) >= 11 is 10.9. The second-order valence-corrected chi connectivity index (χ2v) is 9.21. The highest BCUT2D eigenvalue weighted by Crippen LogP contribution is 2.28. The van der Waals surface area contributed by atoms with Gasteiger partial charge in [-0.15, -0.1) is 10.2 Å². The highest BCUT2D eigenvalue weighted by Gasteiger charge is 2.16. The SMILES string of the molecule is CCCn1c(SCC(=O)Nc2c(C)cc(Br)cc2CC)nnc1-c1ccc(Cl)cc1. The van der Waals surface area contributed by atoms with E-state index < -0.39 is 0 Å². The van der Waals surface area contributed by atoms with E-state index in [0.717, 1.165) is 57.2 Å². The van der Waals surface area contributed by atoms with Gasteiger partial charge in [0, 0.05) is 27.3 Å². The third-order valence-corrected chi connectivity index (χ3v) is 6.30. The van der Waals surface area contributed by atoms with E-state index in [-0.39, 0.29) is 11.7 Å². The average Bonchev–Trinajstić information content (AvgIpc) is 3.11. The number of nitrogens with zero attached hydrogens (tertiary/aromatic N) is 3. The highest BCUT2D eigenvalue weighted by molar-refractivity contribution is 9.10. The molecule has 1 aromatic heterocycles. The van der Waals surface area contributed by atoms with Gasteiger partial charge in [-0.1, -0.05) is 53.1 Å². The van der Waals surface area contributed by atoms with Crippen LogP contribution in [0.15, 0.2) is 46.0 Å². The number of halogens is 2. The first-order chi connectivity index (χ1) is 14.4. The van der Waals surface area contributed by atoms with Gasteiger partial charge in [-0.2, -0.15) is 0 Å². The summed E-state index contributed by atoms with van der Waals surface area (Å²) in [6, 6.07) is 11.6. The molecule has 0 spiro atoms. The van der Waals surface area contributed by atoms with Crippen molar-refractivity contribution in [2.75, 3.05) is 11.1 Å². The Morgan fingerprint density at radius 3 is 2.60 bits per heavy atom. The van der Waals surface area contributed by atoms with Crippen molar-refractivity contribution in [3.63, 3.8) is 0 Å². The third-order valence-electron chi connectivity index (χ3n) is 4.63. The van der Waals surface area contributed by atoms with Gasteiger partial charge >= 0.3 is 0 Å². The Morgan fingerprint density at radius 2 is 1.93 bits per heavy atom. The monoisotopic (exact) mass is 506 g/mol. The topological polar surface area (TPSA) is 59.8 Å². The van der Waals surface area contributed by atoms with Gasteiger partial charge in [-0.05, 0) is 67.3 Å².